The van der Waals surface area contributed by atoms with Gasteiger partial charge in [-0.3, -0.25) is 4.98 Å². The summed E-state index contributed by atoms with van der Waals surface area (Å²) >= 11 is 0. The summed E-state index contributed by atoms with van der Waals surface area (Å²) in [6.07, 6.45) is 0. The molecule has 2 N–H and O–H groups in total. The number of hydrogen-bond donors (Lipinski definition) is 1. The highest BCUT2D eigenvalue weighted by molar-refractivity contribution is 5.55. The van der Waals surface area contributed by atoms with Crippen LogP contribution in [0.1, 0.15) is 44.0 Å². The van der Waals surface area contributed by atoms with Crippen LogP contribution in [0.4, 0.5) is 0 Å². The average Bonchev–Trinajstić information content (AvgIpc) is 2.75. The van der Waals surface area contributed by atoms with Gasteiger partial charge in [-0.15, -0.1) is 0 Å². The fourth-order valence-electron chi connectivity index (χ4n) is 2.57. The number of aromatic nitrogens is 3. The summed E-state index contributed by atoms with van der Waals surface area (Å²) in [7, 11) is 0. The van der Waals surface area contributed by atoms with Crippen LogP contribution in [0.15, 0.2) is 16.7 Å². The second-order valence-electron chi connectivity index (χ2n) is 5.72. The molecule has 0 aliphatic carbocycles. The van der Waals surface area contributed by atoms with Gasteiger partial charge in [0, 0.05) is 23.0 Å². The maximum absolute atomic E-state index is 6.03. The Labute approximate surface area is 119 Å². The van der Waals surface area contributed by atoms with Crippen molar-refractivity contribution < 1.29 is 4.52 Å². The Balaban J connectivity index is 2.37. The van der Waals surface area contributed by atoms with Gasteiger partial charge in [-0.1, -0.05) is 19.0 Å². The summed E-state index contributed by atoms with van der Waals surface area (Å²) in [6.45, 7) is 10.1. The summed E-state index contributed by atoms with van der Waals surface area (Å²) < 4.78 is 5.42. The molecule has 20 heavy (non-hydrogen) atoms. The van der Waals surface area contributed by atoms with E-state index < -0.39 is 0 Å². The van der Waals surface area contributed by atoms with Crippen LogP contribution < -0.4 is 5.73 Å². The van der Waals surface area contributed by atoms with Crippen molar-refractivity contribution in [2.45, 2.75) is 46.6 Å². The van der Waals surface area contributed by atoms with Crippen LogP contribution in [0.2, 0.25) is 0 Å². The minimum Gasteiger partial charge on any atom is -0.339 e. The van der Waals surface area contributed by atoms with E-state index in [4.69, 9.17) is 10.3 Å². The third kappa shape index (κ3) is 3.04. The molecule has 2 unspecified atom stereocenters. The summed E-state index contributed by atoms with van der Waals surface area (Å²) in [6, 6.07) is 3.89. The topological polar surface area (TPSA) is 77.8 Å². The van der Waals surface area contributed by atoms with Gasteiger partial charge in [0.05, 0.1) is 5.92 Å². The molecule has 0 fully saturated rings. The fourth-order valence-corrected chi connectivity index (χ4v) is 2.57. The molecule has 2 rings (SSSR count). The van der Waals surface area contributed by atoms with Crippen molar-refractivity contribution in [1.82, 2.24) is 15.1 Å². The molecule has 0 saturated carbocycles. The van der Waals surface area contributed by atoms with Crippen LogP contribution in [-0.2, 0) is 0 Å². The number of rotatable bonds is 4. The van der Waals surface area contributed by atoms with Crippen molar-refractivity contribution in [3.63, 3.8) is 0 Å². The molecule has 0 bridgehead atoms. The van der Waals surface area contributed by atoms with Crippen molar-refractivity contribution >= 4 is 0 Å². The van der Waals surface area contributed by atoms with Gasteiger partial charge in [-0.25, -0.2) is 0 Å². The quantitative estimate of drug-likeness (QED) is 0.927. The number of nitrogens with zero attached hydrogens (tertiary/aromatic N) is 3. The average molecular weight is 274 g/mol. The predicted octanol–water partition coefficient (Wildman–Crippen LogP) is 2.84. The fraction of sp³-hybridized carbons (Fsp3) is 0.533. The Hall–Kier alpha value is -1.75. The molecule has 0 aliphatic heterocycles. The van der Waals surface area contributed by atoms with Crippen molar-refractivity contribution in [3.8, 4) is 11.4 Å². The van der Waals surface area contributed by atoms with Crippen LogP contribution in [0, 0.1) is 19.8 Å². The lowest BCUT2D eigenvalue weighted by Gasteiger charge is -2.20. The second kappa shape index (κ2) is 5.71. The van der Waals surface area contributed by atoms with Gasteiger partial charge in [0.2, 0.25) is 11.7 Å². The van der Waals surface area contributed by atoms with Crippen LogP contribution in [0.5, 0.6) is 0 Å². The Kier molecular flexibility index (Phi) is 4.18. The number of nitrogens with two attached hydrogens (primary N) is 1. The van der Waals surface area contributed by atoms with Gasteiger partial charge in [0.25, 0.3) is 0 Å². The van der Waals surface area contributed by atoms with Gasteiger partial charge in [-0.05, 0) is 38.8 Å². The molecule has 2 atom stereocenters. The highest BCUT2D eigenvalue weighted by Gasteiger charge is 2.26. The van der Waals surface area contributed by atoms with E-state index in [-0.39, 0.29) is 12.0 Å². The Bertz CT molecular complexity index is 561. The lowest BCUT2D eigenvalue weighted by molar-refractivity contribution is 0.300. The molecule has 5 heteroatoms. The molecule has 2 aromatic rings. The largest absolute Gasteiger partial charge is 0.339 e. The number of hydrogen-bond acceptors (Lipinski definition) is 5. The van der Waals surface area contributed by atoms with E-state index in [1.54, 1.807) is 0 Å². The molecule has 0 spiro atoms. The van der Waals surface area contributed by atoms with Crippen LogP contribution in [-0.4, -0.2) is 21.2 Å². The maximum atomic E-state index is 6.03. The molecule has 2 aromatic heterocycles. The zero-order chi connectivity index (χ0) is 14.9. The Morgan fingerprint density at radius 2 is 1.65 bits per heavy atom. The highest BCUT2D eigenvalue weighted by Crippen LogP contribution is 2.27. The predicted molar refractivity (Wildman–Crippen MR) is 78.2 cm³/mol. The van der Waals surface area contributed by atoms with E-state index >= 15 is 0 Å². The third-order valence-corrected chi connectivity index (χ3v) is 3.35. The minimum atomic E-state index is -0.0239. The van der Waals surface area contributed by atoms with E-state index in [1.165, 1.54) is 0 Å². The molecule has 0 saturated heterocycles. The first-order valence-corrected chi connectivity index (χ1v) is 6.93. The second-order valence-corrected chi connectivity index (χ2v) is 5.72. The first kappa shape index (κ1) is 14.7. The zero-order valence-corrected chi connectivity index (χ0v) is 12.7. The van der Waals surface area contributed by atoms with E-state index in [0.29, 0.717) is 17.6 Å². The van der Waals surface area contributed by atoms with Crippen LogP contribution >= 0.6 is 0 Å². The van der Waals surface area contributed by atoms with Gasteiger partial charge in [0.1, 0.15) is 0 Å². The summed E-state index contributed by atoms with van der Waals surface area (Å²) in [5.74, 6) is 1.63. The maximum Gasteiger partial charge on any atom is 0.231 e. The van der Waals surface area contributed by atoms with Gasteiger partial charge in [0.15, 0.2) is 0 Å². The smallest absolute Gasteiger partial charge is 0.231 e. The van der Waals surface area contributed by atoms with Crippen LogP contribution in [0.25, 0.3) is 11.4 Å². The lowest BCUT2D eigenvalue weighted by atomic mass is 9.90. The third-order valence-electron chi connectivity index (χ3n) is 3.35. The SMILES string of the molecule is Cc1cc(-c2noc(C(C(C)C)C(C)N)n2)cc(C)n1. The molecular weight excluding hydrogens is 252 g/mol. The van der Waals surface area contributed by atoms with Crippen LogP contribution in [0.3, 0.4) is 0 Å². The number of aryl methyl sites for hydroxylation is 2. The van der Waals surface area contributed by atoms with Crippen molar-refractivity contribution in [3.05, 3.63) is 29.4 Å². The summed E-state index contributed by atoms with van der Waals surface area (Å²) in [5.41, 5.74) is 8.84. The molecule has 0 radical (unpaired) electrons. The standard InChI is InChI=1S/C15H22N4O/c1-8(2)13(11(5)16)15-18-14(19-20-15)12-6-9(3)17-10(4)7-12/h6-8,11,13H,16H2,1-5H3. The molecule has 108 valence electrons. The van der Waals surface area contributed by atoms with E-state index in [2.05, 4.69) is 29.0 Å². The summed E-state index contributed by atoms with van der Waals surface area (Å²) in [5, 5.41) is 4.08. The van der Waals surface area contributed by atoms with E-state index in [9.17, 15) is 0 Å². The normalized spacial score (nSPS) is 14.6. The van der Waals surface area contributed by atoms with E-state index in [0.717, 1.165) is 17.0 Å². The van der Waals surface area contributed by atoms with Gasteiger partial charge < -0.3 is 10.3 Å². The molecule has 5 nitrogen and oxygen atoms in total. The van der Waals surface area contributed by atoms with Crippen molar-refractivity contribution in [1.29, 1.82) is 0 Å². The Morgan fingerprint density at radius 1 is 1.05 bits per heavy atom. The minimum absolute atomic E-state index is 0.0239. The first-order chi connectivity index (χ1) is 9.38. The van der Waals surface area contributed by atoms with E-state index in [1.807, 2.05) is 32.9 Å². The number of pyridine rings is 1. The summed E-state index contributed by atoms with van der Waals surface area (Å²) in [4.78, 5) is 8.87. The molecule has 0 aliphatic rings. The van der Waals surface area contributed by atoms with Crippen molar-refractivity contribution in [2.75, 3.05) is 0 Å². The lowest BCUT2D eigenvalue weighted by Crippen LogP contribution is -2.28. The monoisotopic (exact) mass is 274 g/mol. The highest BCUT2D eigenvalue weighted by atomic mass is 16.5. The van der Waals surface area contributed by atoms with Gasteiger partial charge in [-0.2, -0.15) is 4.98 Å². The van der Waals surface area contributed by atoms with Gasteiger partial charge >= 0.3 is 0 Å². The van der Waals surface area contributed by atoms with Crippen molar-refractivity contribution in [2.24, 2.45) is 11.7 Å². The molecule has 0 amide bonds. The zero-order valence-electron chi connectivity index (χ0n) is 12.7. The molecule has 0 aromatic carbocycles. The molecule has 2 heterocycles. The first-order valence-electron chi connectivity index (χ1n) is 6.93. The Morgan fingerprint density at radius 3 is 2.15 bits per heavy atom. The molecular formula is C15H22N4O.